The average molecular weight is 372 g/mol. The number of esters is 1. The Morgan fingerprint density at radius 1 is 1.43 bits per heavy atom. The van der Waals surface area contributed by atoms with E-state index in [0.29, 0.717) is 10.3 Å². The van der Waals surface area contributed by atoms with Gasteiger partial charge in [-0.1, -0.05) is 35.8 Å². The number of hydrogen-bond donors (Lipinski definition) is 0. The van der Waals surface area contributed by atoms with Crippen LogP contribution in [-0.2, 0) is 11.3 Å². The molecule has 0 saturated carbocycles. The van der Waals surface area contributed by atoms with Crippen LogP contribution in [0.4, 0.5) is 0 Å². The SMILES string of the molecule is COC(=O)c1ccc(CN2CCSC(C)(C)CC2)c(Br)c1. The van der Waals surface area contributed by atoms with Crippen molar-refractivity contribution in [2.24, 2.45) is 0 Å². The summed E-state index contributed by atoms with van der Waals surface area (Å²) >= 11 is 5.63. The van der Waals surface area contributed by atoms with E-state index in [9.17, 15) is 4.79 Å². The summed E-state index contributed by atoms with van der Waals surface area (Å²) in [5.41, 5.74) is 1.80. The molecule has 0 unspecified atom stereocenters. The zero-order valence-corrected chi connectivity index (χ0v) is 15.2. The van der Waals surface area contributed by atoms with Crippen molar-refractivity contribution < 1.29 is 9.53 Å². The highest BCUT2D eigenvalue weighted by Gasteiger charge is 2.23. The molecule has 0 aromatic heterocycles. The van der Waals surface area contributed by atoms with Crippen molar-refractivity contribution in [1.29, 1.82) is 0 Å². The summed E-state index contributed by atoms with van der Waals surface area (Å²) in [5, 5.41) is 0. The van der Waals surface area contributed by atoms with Gasteiger partial charge in [0.15, 0.2) is 0 Å². The van der Waals surface area contributed by atoms with Crippen molar-refractivity contribution in [1.82, 2.24) is 4.90 Å². The molecule has 1 aromatic rings. The highest BCUT2D eigenvalue weighted by atomic mass is 79.9. The summed E-state index contributed by atoms with van der Waals surface area (Å²) < 4.78 is 6.10. The van der Waals surface area contributed by atoms with Gasteiger partial charge in [-0.15, -0.1) is 0 Å². The Kier molecular flexibility index (Phi) is 5.74. The molecule has 0 bridgehead atoms. The first-order chi connectivity index (χ1) is 9.91. The van der Waals surface area contributed by atoms with E-state index in [4.69, 9.17) is 4.74 Å². The molecule has 1 heterocycles. The molecule has 1 aromatic carbocycles. The largest absolute Gasteiger partial charge is 0.465 e. The molecule has 116 valence electrons. The Bertz CT molecular complexity index is 519. The number of nitrogens with zero attached hydrogens (tertiary/aromatic N) is 1. The molecule has 0 spiro atoms. The predicted molar refractivity (Wildman–Crippen MR) is 91.9 cm³/mol. The number of methoxy groups -OCH3 is 1. The number of thioether (sulfide) groups is 1. The zero-order chi connectivity index (χ0) is 15.5. The standard InChI is InChI=1S/C16H22BrNO2S/c1-16(2)6-7-18(8-9-21-16)11-13-5-4-12(10-14(13)17)15(19)20-3/h4-5,10H,6-9,11H2,1-3H3. The van der Waals surface area contributed by atoms with Gasteiger partial charge in [-0.3, -0.25) is 4.90 Å². The van der Waals surface area contributed by atoms with Crippen molar-refractivity contribution in [3.63, 3.8) is 0 Å². The van der Waals surface area contributed by atoms with E-state index in [0.717, 1.165) is 24.1 Å². The molecule has 21 heavy (non-hydrogen) atoms. The van der Waals surface area contributed by atoms with Crippen molar-refractivity contribution >= 4 is 33.7 Å². The summed E-state index contributed by atoms with van der Waals surface area (Å²) in [4.78, 5) is 14.0. The third kappa shape index (κ3) is 4.73. The second-order valence-electron chi connectivity index (χ2n) is 5.93. The molecule has 1 aliphatic rings. The van der Waals surface area contributed by atoms with Crippen molar-refractivity contribution in [2.45, 2.75) is 31.6 Å². The third-order valence-electron chi connectivity index (χ3n) is 3.80. The van der Waals surface area contributed by atoms with Crippen LogP contribution in [0.15, 0.2) is 22.7 Å². The van der Waals surface area contributed by atoms with E-state index >= 15 is 0 Å². The van der Waals surface area contributed by atoms with E-state index in [1.54, 1.807) is 0 Å². The van der Waals surface area contributed by atoms with Gasteiger partial charge in [-0.2, -0.15) is 11.8 Å². The Balaban J connectivity index is 2.04. The first kappa shape index (κ1) is 16.8. The second kappa shape index (κ2) is 7.16. The number of halogens is 1. The van der Waals surface area contributed by atoms with Crippen LogP contribution >= 0.6 is 27.7 Å². The number of rotatable bonds is 3. The highest BCUT2D eigenvalue weighted by molar-refractivity contribution is 9.10. The Hall–Kier alpha value is -0.520. The number of hydrogen-bond acceptors (Lipinski definition) is 4. The minimum atomic E-state index is -0.296. The monoisotopic (exact) mass is 371 g/mol. The lowest BCUT2D eigenvalue weighted by atomic mass is 10.1. The Morgan fingerprint density at radius 2 is 2.19 bits per heavy atom. The molecule has 0 amide bonds. The third-order valence-corrected chi connectivity index (χ3v) is 5.91. The molecule has 3 nitrogen and oxygen atoms in total. The fourth-order valence-corrected chi connectivity index (χ4v) is 4.02. The molecule has 0 N–H and O–H groups in total. The molecule has 2 rings (SSSR count). The average Bonchev–Trinajstić information content (AvgIpc) is 2.61. The summed E-state index contributed by atoms with van der Waals surface area (Å²) in [5.74, 6) is 0.875. The van der Waals surface area contributed by atoms with Gasteiger partial charge in [0.25, 0.3) is 0 Å². The van der Waals surface area contributed by atoms with Crippen molar-refractivity contribution in [2.75, 3.05) is 26.0 Å². The van der Waals surface area contributed by atoms with Crippen LogP contribution in [0.1, 0.15) is 36.2 Å². The van der Waals surface area contributed by atoms with Crippen LogP contribution < -0.4 is 0 Å². The fourth-order valence-electron chi connectivity index (χ4n) is 2.38. The zero-order valence-electron chi connectivity index (χ0n) is 12.8. The van der Waals surface area contributed by atoms with Gasteiger partial charge in [0.2, 0.25) is 0 Å². The Morgan fingerprint density at radius 3 is 2.86 bits per heavy atom. The van der Waals surface area contributed by atoms with Crippen LogP contribution in [0.2, 0.25) is 0 Å². The summed E-state index contributed by atoms with van der Waals surface area (Å²) in [6.07, 6.45) is 1.20. The van der Waals surface area contributed by atoms with Gasteiger partial charge in [0.05, 0.1) is 12.7 Å². The number of ether oxygens (including phenoxy) is 1. The molecular formula is C16H22BrNO2S. The lowest BCUT2D eigenvalue weighted by Gasteiger charge is -2.23. The molecule has 0 radical (unpaired) electrons. The highest BCUT2D eigenvalue weighted by Crippen LogP contribution is 2.31. The first-order valence-corrected chi connectivity index (χ1v) is 8.92. The quantitative estimate of drug-likeness (QED) is 0.752. The topological polar surface area (TPSA) is 29.5 Å². The Labute approximate surface area is 139 Å². The first-order valence-electron chi connectivity index (χ1n) is 7.14. The van der Waals surface area contributed by atoms with Crippen LogP contribution in [0.25, 0.3) is 0 Å². The smallest absolute Gasteiger partial charge is 0.337 e. The van der Waals surface area contributed by atoms with Crippen LogP contribution in [0.5, 0.6) is 0 Å². The van der Waals surface area contributed by atoms with Gasteiger partial charge >= 0.3 is 5.97 Å². The summed E-state index contributed by atoms with van der Waals surface area (Å²) in [6.45, 7) is 7.79. The second-order valence-corrected chi connectivity index (χ2v) is 8.59. The molecule has 0 aliphatic carbocycles. The molecule has 1 saturated heterocycles. The van der Waals surface area contributed by atoms with E-state index < -0.39 is 0 Å². The van der Waals surface area contributed by atoms with Crippen LogP contribution in [0.3, 0.4) is 0 Å². The minimum absolute atomic E-state index is 0.296. The maximum Gasteiger partial charge on any atom is 0.337 e. The van der Waals surface area contributed by atoms with Gasteiger partial charge in [0, 0.05) is 28.1 Å². The van der Waals surface area contributed by atoms with Gasteiger partial charge in [0.1, 0.15) is 0 Å². The summed E-state index contributed by atoms with van der Waals surface area (Å²) in [6, 6.07) is 5.69. The van der Waals surface area contributed by atoms with Crippen LogP contribution in [-0.4, -0.2) is 41.6 Å². The lowest BCUT2D eigenvalue weighted by molar-refractivity contribution is 0.0600. The van der Waals surface area contributed by atoms with E-state index in [2.05, 4.69) is 46.4 Å². The maximum absolute atomic E-state index is 11.5. The normalized spacial score (nSPS) is 19.0. The minimum Gasteiger partial charge on any atom is -0.465 e. The van der Waals surface area contributed by atoms with E-state index in [1.807, 2.05) is 18.2 Å². The summed E-state index contributed by atoms with van der Waals surface area (Å²) in [7, 11) is 1.40. The number of carbonyl (C=O) groups excluding carboxylic acids is 1. The van der Waals surface area contributed by atoms with E-state index in [-0.39, 0.29) is 5.97 Å². The molecule has 0 atom stereocenters. The van der Waals surface area contributed by atoms with Crippen molar-refractivity contribution in [3.05, 3.63) is 33.8 Å². The molecular weight excluding hydrogens is 350 g/mol. The van der Waals surface area contributed by atoms with Gasteiger partial charge in [-0.25, -0.2) is 4.79 Å². The molecule has 5 heteroatoms. The van der Waals surface area contributed by atoms with Crippen molar-refractivity contribution in [3.8, 4) is 0 Å². The lowest BCUT2D eigenvalue weighted by Crippen LogP contribution is -2.27. The van der Waals surface area contributed by atoms with Crippen LogP contribution in [0, 0.1) is 0 Å². The van der Waals surface area contributed by atoms with Gasteiger partial charge in [-0.05, 0) is 30.7 Å². The fraction of sp³-hybridized carbons (Fsp3) is 0.562. The predicted octanol–water partition coefficient (Wildman–Crippen LogP) is 3.95. The number of benzene rings is 1. The molecule has 1 aliphatic heterocycles. The molecule has 1 fully saturated rings. The number of carbonyl (C=O) groups is 1. The maximum atomic E-state index is 11.5. The van der Waals surface area contributed by atoms with Gasteiger partial charge < -0.3 is 4.74 Å². The van der Waals surface area contributed by atoms with E-state index in [1.165, 1.54) is 24.8 Å².